The highest BCUT2D eigenvalue weighted by atomic mass is 32.1. The fourth-order valence-electron chi connectivity index (χ4n) is 1.65. The van der Waals surface area contributed by atoms with E-state index in [2.05, 4.69) is 20.9 Å². The summed E-state index contributed by atoms with van der Waals surface area (Å²) < 4.78 is 0. The lowest BCUT2D eigenvalue weighted by atomic mass is 10.1. The maximum absolute atomic E-state index is 11.6. The first kappa shape index (κ1) is 11.8. The van der Waals surface area contributed by atoms with Gasteiger partial charge in [-0.25, -0.2) is 9.78 Å². The number of hydrogen-bond donors (Lipinski definition) is 3. The molecule has 17 heavy (non-hydrogen) atoms. The predicted octanol–water partition coefficient (Wildman–Crippen LogP) is 0.933. The van der Waals surface area contributed by atoms with Crippen LogP contribution in [0, 0.1) is 0 Å². The minimum absolute atomic E-state index is 0.114. The SMILES string of the molecule is O=C(Nc1nccs1)N[C@@H]1CCCCNC1=O. The Morgan fingerprint density at radius 1 is 1.53 bits per heavy atom. The number of hydrogen-bond acceptors (Lipinski definition) is 4. The summed E-state index contributed by atoms with van der Waals surface area (Å²) in [5.41, 5.74) is 0. The fourth-order valence-corrected chi connectivity index (χ4v) is 2.18. The van der Waals surface area contributed by atoms with Crippen LogP contribution in [0.25, 0.3) is 0 Å². The first-order chi connectivity index (χ1) is 8.25. The monoisotopic (exact) mass is 254 g/mol. The Morgan fingerprint density at radius 3 is 3.18 bits per heavy atom. The summed E-state index contributed by atoms with van der Waals surface area (Å²) in [5.74, 6) is -0.114. The smallest absolute Gasteiger partial charge is 0.321 e. The zero-order valence-electron chi connectivity index (χ0n) is 9.23. The van der Waals surface area contributed by atoms with E-state index in [0.29, 0.717) is 18.1 Å². The topological polar surface area (TPSA) is 83.1 Å². The van der Waals surface area contributed by atoms with Crippen LogP contribution in [0.4, 0.5) is 9.93 Å². The van der Waals surface area contributed by atoms with Crippen molar-refractivity contribution in [1.29, 1.82) is 0 Å². The molecule has 0 aromatic carbocycles. The quantitative estimate of drug-likeness (QED) is 0.734. The van der Waals surface area contributed by atoms with E-state index in [-0.39, 0.29) is 11.9 Å². The molecule has 1 aliphatic rings. The lowest BCUT2D eigenvalue weighted by Gasteiger charge is -2.14. The summed E-state index contributed by atoms with van der Waals surface area (Å²) in [4.78, 5) is 27.1. The molecule has 2 heterocycles. The van der Waals surface area contributed by atoms with Gasteiger partial charge in [-0.2, -0.15) is 0 Å². The van der Waals surface area contributed by atoms with Gasteiger partial charge in [0.05, 0.1) is 0 Å². The average molecular weight is 254 g/mol. The van der Waals surface area contributed by atoms with Gasteiger partial charge in [0.2, 0.25) is 5.91 Å². The molecular formula is C10H14N4O2S. The molecule has 7 heteroatoms. The Labute approximate surface area is 103 Å². The highest BCUT2D eigenvalue weighted by Crippen LogP contribution is 2.10. The second-order valence-corrected chi connectivity index (χ2v) is 4.67. The molecule has 0 unspecified atom stereocenters. The Hall–Kier alpha value is -1.63. The number of urea groups is 1. The standard InChI is InChI=1S/C10H14N4O2S/c15-8-7(3-1-2-4-11-8)13-9(16)14-10-12-5-6-17-10/h5-7H,1-4H2,(H,11,15)(H2,12,13,14,16)/t7-/m1/s1. The van der Waals surface area contributed by atoms with Crippen molar-refractivity contribution >= 4 is 28.4 Å². The third-order valence-electron chi connectivity index (χ3n) is 2.49. The van der Waals surface area contributed by atoms with Crippen LogP contribution in [-0.2, 0) is 4.79 Å². The van der Waals surface area contributed by atoms with Gasteiger partial charge in [0.15, 0.2) is 5.13 Å². The molecule has 0 spiro atoms. The van der Waals surface area contributed by atoms with Gasteiger partial charge in [-0.05, 0) is 19.3 Å². The number of rotatable bonds is 2. The third-order valence-corrected chi connectivity index (χ3v) is 3.18. The Bertz CT molecular complexity index is 393. The van der Waals surface area contributed by atoms with Gasteiger partial charge < -0.3 is 10.6 Å². The molecule has 0 bridgehead atoms. The average Bonchev–Trinajstić information content (AvgIpc) is 2.71. The molecule has 0 radical (unpaired) electrons. The molecule has 2 rings (SSSR count). The molecule has 1 atom stereocenters. The fraction of sp³-hybridized carbons (Fsp3) is 0.500. The summed E-state index contributed by atoms with van der Waals surface area (Å²) in [7, 11) is 0. The molecule has 1 aromatic heterocycles. The molecular weight excluding hydrogens is 240 g/mol. The molecule has 1 fully saturated rings. The van der Waals surface area contributed by atoms with Crippen molar-refractivity contribution in [3.05, 3.63) is 11.6 Å². The van der Waals surface area contributed by atoms with E-state index in [9.17, 15) is 9.59 Å². The number of nitrogens with zero attached hydrogens (tertiary/aromatic N) is 1. The molecule has 0 aliphatic carbocycles. The number of anilines is 1. The van der Waals surface area contributed by atoms with Crippen LogP contribution in [0.1, 0.15) is 19.3 Å². The van der Waals surface area contributed by atoms with Crippen molar-refractivity contribution in [3.8, 4) is 0 Å². The van der Waals surface area contributed by atoms with Crippen molar-refractivity contribution in [2.45, 2.75) is 25.3 Å². The molecule has 92 valence electrons. The molecule has 3 amide bonds. The summed E-state index contributed by atoms with van der Waals surface area (Å²) >= 11 is 1.33. The minimum Gasteiger partial charge on any atom is -0.354 e. The minimum atomic E-state index is -0.447. The molecule has 3 N–H and O–H groups in total. The first-order valence-electron chi connectivity index (χ1n) is 5.50. The van der Waals surface area contributed by atoms with Gasteiger partial charge in [0, 0.05) is 18.1 Å². The van der Waals surface area contributed by atoms with E-state index in [1.165, 1.54) is 11.3 Å². The maximum Gasteiger partial charge on any atom is 0.321 e. The van der Waals surface area contributed by atoms with Crippen LogP contribution < -0.4 is 16.0 Å². The highest BCUT2D eigenvalue weighted by molar-refractivity contribution is 7.13. The Kier molecular flexibility index (Phi) is 3.92. The van der Waals surface area contributed by atoms with Crippen LogP contribution in [0.5, 0.6) is 0 Å². The number of aromatic nitrogens is 1. The van der Waals surface area contributed by atoms with Gasteiger partial charge in [-0.3, -0.25) is 10.1 Å². The van der Waals surface area contributed by atoms with Gasteiger partial charge in [0.1, 0.15) is 6.04 Å². The number of amides is 3. The maximum atomic E-state index is 11.6. The van der Waals surface area contributed by atoms with Crippen molar-refractivity contribution in [2.75, 3.05) is 11.9 Å². The van der Waals surface area contributed by atoms with Crippen LogP contribution in [-0.4, -0.2) is 29.5 Å². The molecule has 1 aliphatic heterocycles. The van der Waals surface area contributed by atoms with Crippen molar-refractivity contribution < 1.29 is 9.59 Å². The van der Waals surface area contributed by atoms with Crippen LogP contribution >= 0.6 is 11.3 Å². The summed E-state index contributed by atoms with van der Waals surface area (Å²) in [6.45, 7) is 0.686. The normalized spacial score (nSPS) is 20.2. The Balaban J connectivity index is 1.86. The van der Waals surface area contributed by atoms with Crippen molar-refractivity contribution in [3.63, 3.8) is 0 Å². The summed E-state index contributed by atoms with van der Waals surface area (Å²) in [5, 5.41) is 10.3. The molecule has 0 saturated carbocycles. The van der Waals surface area contributed by atoms with E-state index in [1.54, 1.807) is 11.6 Å². The molecule has 6 nitrogen and oxygen atoms in total. The van der Waals surface area contributed by atoms with E-state index in [0.717, 1.165) is 12.8 Å². The Morgan fingerprint density at radius 2 is 2.41 bits per heavy atom. The van der Waals surface area contributed by atoms with E-state index in [4.69, 9.17) is 0 Å². The van der Waals surface area contributed by atoms with Crippen molar-refractivity contribution in [2.24, 2.45) is 0 Å². The second kappa shape index (κ2) is 5.62. The molecule has 1 aromatic rings. The summed E-state index contributed by atoms with van der Waals surface area (Å²) in [6.07, 6.45) is 4.18. The van der Waals surface area contributed by atoms with Crippen LogP contribution in [0.2, 0.25) is 0 Å². The zero-order chi connectivity index (χ0) is 12.1. The van der Waals surface area contributed by atoms with Gasteiger partial charge in [-0.15, -0.1) is 11.3 Å². The van der Waals surface area contributed by atoms with Crippen LogP contribution in [0.15, 0.2) is 11.6 Å². The second-order valence-electron chi connectivity index (χ2n) is 3.78. The first-order valence-corrected chi connectivity index (χ1v) is 6.38. The number of carbonyl (C=O) groups is 2. The molecule has 1 saturated heterocycles. The lowest BCUT2D eigenvalue weighted by molar-refractivity contribution is -0.122. The lowest BCUT2D eigenvalue weighted by Crippen LogP contribution is -2.46. The van der Waals surface area contributed by atoms with Crippen molar-refractivity contribution in [1.82, 2.24) is 15.6 Å². The zero-order valence-corrected chi connectivity index (χ0v) is 10.0. The van der Waals surface area contributed by atoms with E-state index in [1.807, 2.05) is 0 Å². The van der Waals surface area contributed by atoms with E-state index >= 15 is 0 Å². The number of nitrogens with one attached hydrogen (secondary N) is 3. The largest absolute Gasteiger partial charge is 0.354 e. The number of thiazole rings is 1. The van der Waals surface area contributed by atoms with Crippen LogP contribution in [0.3, 0.4) is 0 Å². The third kappa shape index (κ3) is 3.42. The van der Waals surface area contributed by atoms with E-state index < -0.39 is 6.04 Å². The predicted molar refractivity (Wildman–Crippen MR) is 64.9 cm³/mol. The highest BCUT2D eigenvalue weighted by Gasteiger charge is 2.22. The van der Waals surface area contributed by atoms with Gasteiger partial charge >= 0.3 is 6.03 Å². The number of carbonyl (C=O) groups excluding carboxylic acids is 2. The van der Waals surface area contributed by atoms with Gasteiger partial charge in [-0.1, -0.05) is 0 Å². The van der Waals surface area contributed by atoms with Gasteiger partial charge in [0.25, 0.3) is 0 Å². The summed E-state index contributed by atoms with van der Waals surface area (Å²) in [6, 6.07) is -0.834.